The molecule has 0 saturated carbocycles. The van der Waals surface area contributed by atoms with Crippen molar-refractivity contribution < 1.29 is 0 Å². The van der Waals surface area contributed by atoms with Gasteiger partial charge in [0.05, 0.1) is 11.6 Å². The van der Waals surface area contributed by atoms with Crippen molar-refractivity contribution in [2.24, 2.45) is 4.99 Å². The monoisotopic (exact) mass is 234 g/mol. The summed E-state index contributed by atoms with van der Waals surface area (Å²) >= 11 is 5.75. The van der Waals surface area contributed by atoms with Gasteiger partial charge in [0.1, 0.15) is 11.8 Å². The standard InChI is InChI=1S/C9H7ClN6/c1-5-6(9(10)16-15-5)4-14-8(3-12)7(13)2-11/h4,8,13H,1H3,(H,15,16). The van der Waals surface area contributed by atoms with Gasteiger partial charge in [-0.3, -0.25) is 15.5 Å². The van der Waals surface area contributed by atoms with E-state index in [0.29, 0.717) is 11.3 Å². The van der Waals surface area contributed by atoms with Crippen LogP contribution in [0.1, 0.15) is 11.3 Å². The Morgan fingerprint density at radius 1 is 1.69 bits per heavy atom. The molecule has 0 spiro atoms. The van der Waals surface area contributed by atoms with Crippen LogP contribution in [-0.2, 0) is 0 Å². The molecule has 0 radical (unpaired) electrons. The molecule has 1 atom stereocenters. The Hall–Kier alpha value is -2.18. The van der Waals surface area contributed by atoms with Crippen LogP contribution in [0.3, 0.4) is 0 Å². The fourth-order valence-electron chi connectivity index (χ4n) is 0.941. The summed E-state index contributed by atoms with van der Waals surface area (Å²) in [5, 5.41) is 30.9. The predicted octanol–water partition coefficient (Wildman–Crippen LogP) is 1.23. The van der Waals surface area contributed by atoms with Crippen LogP contribution in [0.25, 0.3) is 0 Å². The van der Waals surface area contributed by atoms with Crippen molar-refractivity contribution in [1.82, 2.24) is 10.2 Å². The highest BCUT2D eigenvalue weighted by atomic mass is 35.5. The van der Waals surface area contributed by atoms with Gasteiger partial charge in [-0.25, -0.2) is 0 Å². The first-order valence-electron chi connectivity index (χ1n) is 4.22. The molecule has 0 aromatic carbocycles. The van der Waals surface area contributed by atoms with E-state index in [2.05, 4.69) is 15.2 Å². The Kier molecular flexibility index (Phi) is 3.76. The molecule has 0 aliphatic heterocycles. The number of aromatic nitrogens is 2. The second kappa shape index (κ2) is 5.06. The molecule has 1 unspecified atom stereocenters. The summed E-state index contributed by atoms with van der Waals surface area (Å²) in [6.07, 6.45) is 1.33. The zero-order chi connectivity index (χ0) is 12.1. The van der Waals surface area contributed by atoms with Crippen LogP contribution in [0.5, 0.6) is 0 Å². The minimum Gasteiger partial charge on any atom is -0.291 e. The Morgan fingerprint density at radius 3 is 2.81 bits per heavy atom. The molecule has 0 fully saturated rings. The molecule has 0 amide bonds. The number of nitrogens with zero attached hydrogens (tertiary/aromatic N) is 4. The van der Waals surface area contributed by atoms with Gasteiger partial charge in [-0.15, -0.1) is 0 Å². The number of nitriles is 2. The zero-order valence-corrected chi connectivity index (χ0v) is 9.08. The van der Waals surface area contributed by atoms with Gasteiger partial charge in [0.15, 0.2) is 11.2 Å². The molecule has 1 aromatic rings. The molecule has 1 heterocycles. The highest BCUT2D eigenvalue weighted by Crippen LogP contribution is 2.13. The number of hydrogen-bond acceptors (Lipinski definition) is 5. The Morgan fingerprint density at radius 2 is 2.38 bits per heavy atom. The second-order valence-electron chi connectivity index (χ2n) is 2.89. The molecule has 0 aliphatic rings. The van der Waals surface area contributed by atoms with E-state index in [1.165, 1.54) is 6.21 Å². The molecule has 0 bridgehead atoms. The van der Waals surface area contributed by atoms with Gasteiger partial charge in [-0.1, -0.05) is 11.6 Å². The molecule has 7 heteroatoms. The van der Waals surface area contributed by atoms with Crippen molar-refractivity contribution in [2.45, 2.75) is 13.0 Å². The third kappa shape index (κ3) is 2.44. The van der Waals surface area contributed by atoms with E-state index in [-0.39, 0.29) is 5.15 Å². The van der Waals surface area contributed by atoms with Gasteiger partial charge in [0.25, 0.3) is 0 Å². The maximum absolute atomic E-state index is 8.68. The smallest absolute Gasteiger partial charge is 0.187 e. The van der Waals surface area contributed by atoms with Gasteiger partial charge < -0.3 is 0 Å². The van der Waals surface area contributed by atoms with Crippen molar-refractivity contribution in [1.29, 1.82) is 15.9 Å². The molecule has 16 heavy (non-hydrogen) atoms. The first kappa shape index (κ1) is 11.9. The van der Waals surface area contributed by atoms with E-state index in [0.717, 1.165) is 0 Å². The Labute approximate surface area is 96.7 Å². The van der Waals surface area contributed by atoms with Crippen molar-refractivity contribution in [3.63, 3.8) is 0 Å². The topological polar surface area (TPSA) is 112 Å². The average Bonchev–Trinajstić information content (AvgIpc) is 2.60. The van der Waals surface area contributed by atoms with Crippen LogP contribution in [0.2, 0.25) is 5.15 Å². The van der Waals surface area contributed by atoms with Crippen LogP contribution < -0.4 is 0 Å². The minimum atomic E-state index is -1.10. The van der Waals surface area contributed by atoms with Gasteiger partial charge in [-0.2, -0.15) is 15.6 Å². The van der Waals surface area contributed by atoms with Crippen molar-refractivity contribution >= 4 is 23.5 Å². The van der Waals surface area contributed by atoms with E-state index in [1.807, 2.05) is 0 Å². The second-order valence-corrected chi connectivity index (χ2v) is 3.25. The fraction of sp³-hybridized carbons (Fsp3) is 0.222. The first-order chi connectivity index (χ1) is 7.60. The Bertz CT molecular complexity index is 496. The van der Waals surface area contributed by atoms with Crippen LogP contribution in [0.15, 0.2) is 4.99 Å². The van der Waals surface area contributed by atoms with Crippen LogP contribution >= 0.6 is 11.6 Å². The Balaban J connectivity index is 2.94. The largest absolute Gasteiger partial charge is 0.291 e. The molecule has 0 aliphatic carbocycles. The van der Waals surface area contributed by atoms with E-state index in [9.17, 15) is 0 Å². The fourth-order valence-corrected chi connectivity index (χ4v) is 1.17. The molecule has 2 N–H and O–H groups in total. The third-order valence-electron chi connectivity index (χ3n) is 1.82. The minimum absolute atomic E-state index is 0.237. The molecule has 6 nitrogen and oxygen atoms in total. The lowest BCUT2D eigenvalue weighted by Gasteiger charge is -1.96. The highest BCUT2D eigenvalue weighted by molar-refractivity contribution is 6.32. The summed E-state index contributed by atoms with van der Waals surface area (Å²) < 4.78 is 0. The van der Waals surface area contributed by atoms with Crippen LogP contribution in [0.4, 0.5) is 0 Å². The number of hydrogen-bond donors (Lipinski definition) is 2. The summed E-state index contributed by atoms with van der Waals surface area (Å²) in [6, 6.07) is 2.20. The maximum Gasteiger partial charge on any atom is 0.187 e. The number of aromatic amines is 1. The van der Waals surface area contributed by atoms with E-state index in [1.54, 1.807) is 19.1 Å². The average molecular weight is 235 g/mol. The molecular formula is C9H7ClN6. The molecular weight excluding hydrogens is 228 g/mol. The lowest BCUT2D eigenvalue weighted by molar-refractivity contribution is 1.05. The van der Waals surface area contributed by atoms with Gasteiger partial charge in [0, 0.05) is 11.9 Å². The highest BCUT2D eigenvalue weighted by Gasteiger charge is 2.12. The van der Waals surface area contributed by atoms with Crippen molar-refractivity contribution in [3.05, 3.63) is 16.4 Å². The first-order valence-corrected chi connectivity index (χ1v) is 4.59. The summed E-state index contributed by atoms with van der Waals surface area (Å²) in [5.41, 5.74) is 0.845. The number of rotatable bonds is 3. The summed E-state index contributed by atoms with van der Waals surface area (Å²) in [7, 11) is 0. The normalized spacial score (nSPS) is 12.0. The van der Waals surface area contributed by atoms with Crippen molar-refractivity contribution in [2.75, 3.05) is 0 Å². The lowest BCUT2D eigenvalue weighted by atomic mass is 10.2. The van der Waals surface area contributed by atoms with E-state index >= 15 is 0 Å². The number of halogens is 1. The van der Waals surface area contributed by atoms with Gasteiger partial charge in [-0.05, 0) is 6.92 Å². The van der Waals surface area contributed by atoms with Crippen LogP contribution in [0, 0.1) is 35.0 Å². The SMILES string of the molecule is Cc1[nH]nc(Cl)c1C=NC(C#N)C(=N)C#N. The number of nitrogens with one attached hydrogen (secondary N) is 2. The predicted molar refractivity (Wildman–Crippen MR) is 58.7 cm³/mol. The quantitative estimate of drug-likeness (QED) is 0.767. The van der Waals surface area contributed by atoms with E-state index in [4.69, 9.17) is 27.5 Å². The van der Waals surface area contributed by atoms with E-state index < -0.39 is 11.8 Å². The summed E-state index contributed by atoms with van der Waals surface area (Å²) in [5.74, 6) is 0. The summed E-state index contributed by atoms with van der Waals surface area (Å²) in [4.78, 5) is 3.80. The van der Waals surface area contributed by atoms with Crippen molar-refractivity contribution in [3.8, 4) is 12.1 Å². The number of aryl methyl sites for hydroxylation is 1. The molecule has 1 aromatic heterocycles. The summed E-state index contributed by atoms with van der Waals surface area (Å²) in [6.45, 7) is 1.75. The molecule has 0 saturated heterocycles. The lowest BCUT2D eigenvalue weighted by Crippen LogP contribution is -2.13. The zero-order valence-electron chi connectivity index (χ0n) is 8.32. The maximum atomic E-state index is 8.68. The third-order valence-corrected chi connectivity index (χ3v) is 2.11. The number of H-pyrrole nitrogens is 1. The number of aliphatic imine (C=N–C) groups is 1. The van der Waals surface area contributed by atoms with Gasteiger partial charge >= 0.3 is 0 Å². The molecule has 1 rings (SSSR count). The molecule has 80 valence electrons. The van der Waals surface area contributed by atoms with Gasteiger partial charge in [0.2, 0.25) is 0 Å². The van der Waals surface area contributed by atoms with Crippen LogP contribution in [-0.4, -0.2) is 28.2 Å².